The van der Waals surface area contributed by atoms with Crippen LogP contribution < -0.4 is 5.32 Å². The van der Waals surface area contributed by atoms with Crippen LogP contribution in [0.15, 0.2) is 39.5 Å². The Morgan fingerprint density at radius 2 is 2.00 bits per heavy atom. The Balaban J connectivity index is 2.23. The van der Waals surface area contributed by atoms with Crippen LogP contribution in [-0.4, -0.2) is 0 Å². The summed E-state index contributed by atoms with van der Waals surface area (Å²) in [4.78, 5) is 0. The molecule has 0 aliphatic rings. The van der Waals surface area contributed by atoms with Crippen LogP contribution >= 0.6 is 27.3 Å². The lowest BCUT2D eigenvalue weighted by molar-refractivity contribution is -0.137. The summed E-state index contributed by atoms with van der Waals surface area (Å²) in [7, 11) is 0. The Morgan fingerprint density at radius 3 is 2.61 bits per heavy atom. The number of rotatable bonds is 3. The molecule has 0 fully saturated rings. The second-order valence-corrected chi connectivity index (χ2v) is 5.37. The zero-order valence-electron chi connectivity index (χ0n) is 9.09. The van der Waals surface area contributed by atoms with Crippen molar-refractivity contribution < 1.29 is 13.2 Å². The summed E-state index contributed by atoms with van der Waals surface area (Å²) in [6, 6.07) is 5.77. The average Bonchev–Trinajstić information content (AvgIpc) is 2.77. The molecule has 18 heavy (non-hydrogen) atoms. The fraction of sp³-hybridized carbons (Fsp3) is 0.167. The SMILES string of the molecule is FC(F)(F)c1ccc(Br)cc1NCc1ccsc1. The third-order valence-corrected chi connectivity index (χ3v) is 3.58. The standard InChI is InChI=1S/C12H9BrF3NS/c13-9-1-2-10(12(14,15)16)11(5-9)17-6-8-3-4-18-7-8/h1-5,7,17H,6H2. The lowest BCUT2D eigenvalue weighted by Gasteiger charge is -2.14. The average molecular weight is 336 g/mol. The van der Waals surface area contributed by atoms with Crippen molar-refractivity contribution in [1.82, 2.24) is 0 Å². The van der Waals surface area contributed by atoms with Gasteiger partial charge in [-0.05, 0) is 40.6 Å². The van der Waals surface area contributed by atoms with Crippen LogP contribution in [0.4, 0.5) is 18.9 Å². The molecule has 2 rings (SSSR count). The van der Waals surface area contributed by atoms with Crippen LogP contribution in [-0.2, 0) is 12.7 Å². The summed E-state index contributed by atoms with van der Waals surface area (Å²) in [5.74, 6) is 0. The zero-order valence-corrected chi connectivity index (χ0v) is 11.5. The van der Waals surface area contributed by atoms with Gasteiger partial charge >= 0.3 is 6.18 Å². The second-order valence-electron chi connectivity index (χ2n) is 3.67. The fourth-order valence-corrected chi connectivity index (χ4v) is 2.53. The summed E-state index contributed by atoms with van der Waals surface area (Å²) in [5.41, 5.74) is 0.400. The fourth-order valence-electron chi connectivity index (χ4n) is 1.50. The minimum Gasteiger partial charge on any atom is -0.380 e. The van der Waals surface area contributed by atoms with Gasteiger partial charge in [0.05, 0.1) is 5.56 Å². The molecule has 0 saturated carbocycles. The maximum absolute atomic E-state index is 12.8. The van der Waals surface area contributed by atoms with E-state index in [1.807, 2.05) is 16.8 Å². The Labute approximate surface area is 115 Å². The highest BCUT2D eigenvalue weighted by atomic mass is 79.9. The summed E-state index contributed by atoms with van der Waals surface area (Å²) in [6.45, 7) is 0.378. The Hall–Kier alpha value is -1.01. The lowest BCUT2D eigenvalue weighted by Crippen LogP contribution is -2.10. The number of thiophene rings is 1. The molecule has 0 spiro atoms. The van der Waals surface area contributed by atoms with E-state index >= 15 is 0 Å². The van der Waals surface area contributed by atoms with E-state index in [4.69, 9.17) is 0 Å². The number of hydrogen-bond acceptors (Lipinski definition) is 2. The van der Waals surface area contributed by atoms with Crippen LogP contribution in [0.25, 0.3) is 0 Å². The molecule has 0 bridgehead atoms. The number of hydrogen-bond donors (Lipinski definition) is 1. The quantitative estimate of drug-likeness (QED) is 0.818. The van der Waals surface area contributed by atoms with E-state index in [1.165, 1.54) is 23.5 Å². The van der Waals surface area contributed by atoms with Gasteiger partial charge in [-0.1, -0.05) is 15.9 Å². The van der Waals surface area contributed by atoms with Crippen molar-refractivity contribution in [2.24, 2.45) is 0 Å². The van der Waals surface area contributed by atoms with Gasteiger partial charge in [-0.25, -0.2) is 0 Å². The van der Waals surface area contributed by atoms with Crippen LogP contribution in [0.1, 0.15) is 11.1 Å². The van der Waals surface area contributed by atoms with Gasteiger partial charge in [-0.15, -0.1) is 0 Å². The van der Waals surface area contributed by atoms with Gasteiger partial charge in [0.1, 0.15) is 0 Å². The molecule has 2 aromatic rings. The van der Waals surface area contributed by atoms with Crippen molar-refractivity contribution in [2.45, 2.75) is 12.7 Å². The molecule has 1 N–H and O–H groups in total. The third kappa shape index (κ3) is 3.26. The highest BCUT2D eigenvalue weighted by Crippen LogP contribution is 2.36. The smallest absolute Gasteiger partial charge is 0.380 e. The van der Waals surface area contributed by atoms with E-state index in [-0.39, 0.29) is 5.69 Å². The van der Waals surface area contributed by atoms with Crippen molar-refractivity contribution in [3.05, 3.63) is 50.6 Å². The van der Waals surface area contributed by atoms with E-state index in [2.05, 4.69) is 21.2 Å². The molecule has 0 aliphatic carbocycles. The lowest BCUT2D eigenvalue weighted by atomic mass is 10.1. The van der Waals surface area contributed by atoms with E-state index < -0.39 is 11.7 Å². The van der Waals surface area contributed by atoms with Crippen LogP contribution in [0.2, 0.25) is 0 Å². The van der Waals surface area contributed by atoms with Gasteiger partial charge in [0.15, 0.2) is 0 Å². The number of anilines is 1. The molecule has 0 atom stereocenters. The first-order chi connectivity index (χ1) is 8.47. The van der Waals surface area contributed by atoms with Crippen LogP contribution in [0, 0.1) is 0 Å². The van der Waals surface area contributed by atoms with Crippen LogP contribution in [0.3, 0.4) is 0 Å². The number of halogens is 4. The molecule has 0 unspecified atom stereocenters. The molecule has 96 valence electrons. The van der Waals surface area contributed by atoms with Gasteiger partial charge in [-0.3, -0.25) is 0 Å². The molecule has 0 aliphatic heterocycles. The molecular formula is C12H9BrF3NS. The Morgan fingerprint density at radius 1 is 1.22 bits per heavy atom. The van der Waals surface area contributed by atoms with E-state index in [0.29, 0.717) is 11.0 Å². The van der Waals surface area contributed by atoms with Crippen LogP contribution in [0.5, 0.6) is 0 Å². The van der Waals surface area contributed by atoms with Crippen molar-refractivity contribution in [1.29, 1.82) is 0 Å². The summed E-state index contributed by atoms with van der Waals surface area (Å²) in [5, 5.41) is 6.61. The van der Waals surface area contributed by atoms with Gasteiger partial charge in [0.2, 0.25) is 0 Å². The third-order valence-electron chi connectivity index (χ3n) is 2.35. The number of benzene rings is 1. The molecule has 6 heteroatoms. The maximum Gasteiger partial charge on any atom is 0.418 e. The molecule has 0 amide bonds. The maximum atomic E-state index is 12.8. The topological polar surface area (TPSA) is 12.0 Å². The van der Waals surface area contributed by atoms with Crippen molar-refractivity contribution in [3.63, 3.8) is 0 Å². The second kappa shape index (κ2) is 5.32. The Bertz CT molecular complexity index is 523. The molecule has 0 saturated heterocycles. The summed E-state index contributed by atoms with van der Waals surface area (Å²) >= 11 is 4.69. The predicted molar refractivity (Wildman–Crippen MR) is 70.8 cm³/mol. The minimum atomic E-state index is -4.35. The normalized spacial score (nSPS) is 11.6. The molecule has 1 heterocycles. The minimum absolute atomic E-state index is 0.0862. The predicted octanol–water partition coefficient (Wildman–Crippen LogP) is 5.14. The highest BCUT2D eigenvalue weighted by molar-refractivity contribution is 9.10. The molecule has 1 aromatic carbocycles. The number of alkyl halides is 3. The van der Waals surface area contributed by atoms with Gasteiger partial charge < -0.3 is 5.32 Å². The molecule has 0 radical (unpaired) electrons. The van der Waals surface area contributed by atoms with E-state index in [1.54, 1.807) is 0 Å². The Kier molecular flexibility index (Phi) is 3.97. The molecule has 1 nitrogen and oxygen atoms in total. The first kappa shape index (κ1) is 13.4. The van der Waals surface area contributed by atoms with Crippen molar-refractivity contribution >= 4 is 33.0 Å². The first-order valence-electron chi connectivity index (χ1n) is 5.08. The number of nitrogens with one attached hydrogen (secondary N) is 1. The van der Waals surface area contributed by atoms with E-state index in [9.17, 15) is 13.2 Å². The summed E-state index contributed by atoms with van der Waals surface area (Å²) in [6.07, 6.45) is -4.35. The van der Waals surface area contributed by atoms with E-state index in [0.717, 1.165) is 11.6 Å². The highest BCUT2D eigenvalue weighted by Gasteiger charge is 2.33. The van der Waals surface area contributed by atoms with Gasteiger partial charge in [0.25, 0.3) is 0 Å². The monoisotopic (exact) mass is 335 g/mol. The van der Waals surface area contributed by atoms with Gasteiger partial charge in [-0.2, -0.15) is 24.5 Å². The zero-order chi connectivity index (χ0) is 13.2. The van der Waals surface area contributed by atoms with Crippen molar-refractivity contribution in [2.75, 3.05) is 5.32 Å². The molecule has 1 aromatic heterocycles. The molecular weight excluding hydrogens is 327 g/mol. The largest absolute Gasteiger partial charge is 0.418 e. The van der Waals surface area contributed by atoms with Gasteiger partial charge in [0, 0.05) is 16.7 Å². The first-order valence-corrected chi connectivity index (χ1v) is 6.82. The van der Waals surface area contributed by atoms with Crippen molar-refractivity contribution in [3.8, 4) is 0 Å². The summed E-state index contributed by atoms with van der Waals surface area (Å²) < 4.78 is 39.0.